The fourth-order valence-electron chi connectivity index (χ4n) is 1.82. The lowest BCUT2D eigenvalue weighted by molar-refractivity contribution is -0.150. The zero-order valence-corrected chi connectivity index (χ0v) is 12.3. The maximum atomic E-state index is 11.0. The van der Waals surface area contributed by atoms with Crippen molar-refractivity contribution in [2.24, 2.45) is 0 Å². The molecule has 0 amide bonds. The van der Waals surface area contributed by atoms with Crippen molar-refractivity contribution in [1.82, 2.24) is 9.80 Å². The highest BCUT2D eigenvalue weighted by atomic mass is 16.4. The summed E-state index contributed by atoms with van der Waals surface area (Å²) >= 11 is 0. The minimum atomic E-state index is -1.30. The molecule has 0 bridgehead atoms. The molecule has 10 heteroatoms. The second-order valence-corrected chi connectivity index (χ2v) is 4.87. The SMILES string of the molecule is CN(CCN(C)C(CC(=O)O)C(=O)O)C(CC(=O)O)C(=O)O. The first-order chi connectivity index (χ1) is 10.1. The largest absolute Gasteiger partial charge is 0.481 e. The summed E-state index contributed by atoms with van der Waals surface area (Å²) in [5.41, 5.74) is 0. The van der Waals surface area contributed by atoms with Crippen LogP contribution in [0.15, 0.2) is 0 Å². The Morgan fingerprint density at radius 3 is 1.18 bits per heavy atom. The standard InChI is InChI=1S/C12H20N2O8/c1-13(7(11(19)20)5-9(15)16)3-4-14(2)8(12(21)22)6-10(17)18/h7-8H,3-6H2,1-2H3,(H,15,16)(H,17,18)(H,19,20)(H,21,22). The van der Waals surface area contributed by atoms with E-state index in [0.29, 0.717) is 0 Å². The lowest BCUT2D eigenvalue weighted by Gasteiger charge is -2.28. The average molecular weight is 320 g/mol. The van der Waals surface area contributed by atoms with Crippen LogP contribution in [0.2, 0.25) is 0 Å². The number of carboxylic acid groups (broad SMARTS) is 4. The molecule has 0 saturated carbocycles. The van der Waals surface area contributed by atoms with Crippen LogP contribution >= 0.6 is 0 Å². The molecule has 0 radical (unpaired) electrons. The number of likely N-dealkylation sites (N-methyl/N-ethyl adjacent to an activating group) is 2. The van der Waals surface area contributed by atoms with Crippen LogP contribution in [0.1, 0.15) is 12.8 Å². The first kappa shape index (κ1) is 19.8. The molecule has 0 aromatic rings. The minimum Gasteiger partial charge on any atom is -0.481 e. The molecule has 126 valence electrons. The maximum absolute atomic E-state index is 11.0. The van der Waals surface area contributed by atoms with Gasteiger partial charge >= 0.3 is 23.9 Å². The molecule has 22 heavy (non-hydrogen) atoms. The van der Waals surface area contributed by atoms with Crippen LogP contribution in [0.5, 0.6) is 0 Å². The van der Waals surface area contributed by atoms with E-state index in [1.54, 1.807) is 0 Å². The molecular weight excluding hydrogens is 300 g/mol. The van der Waals surface area contributed by atoms with Crippen molar-refractivity contribution in [2.75, 3.05) is 27.2 Å². The van der Waals surface area contributed by atoms with Gasteiger partial charge < -0.3 is 20.4 Å². The smallest absolute Gasteiger partial charge is 0.321 e. The molecule has 10 nitrogen and oxygen atoms in total. The molecular formula is C12H20N2O8. The van der Waals surface area contributed by atoms with E-state index in [1.807, 2.05) is 0 Å². The third kappa shape index (κ3) is 6.99. The summed E-state index contributed by atoms with van der Waals surface area (Å²) in [4.78, 5) is 45.8. The van der Waals surface area contributed by atoms with E-state index in [2.05, 4.69) is 0 Å². The Hall–Kier alpha value is -2.20. The van der Waals surface area contributed by atoms with Gasteiger partial charge in [0.1, 0.15) is 12.1 Å². The number of carboxylic acids is 4. The molecule has 0 heterocycles. The molecule has 0 aromatic carbocycles. The van der Waals surface area contributed by atoms with E-state index in [-0.39, 0.29) is 13.1 Å². The zero-order chi connectivity index (χ0) is 17.4. The van der Waals surface area contributed by atoms with Crippen molar-refractivity contribution >= 4 is 23.9 Å². The van der Waals surface area contributed by atoms with E-state index in [1.165, 1.54) is 23.9 Å². The molecule has 0 saturated heterocycles. The van der Waals surface area contributed by atoms with Gasteiger partial charge in [-0.2, -0.15) is 0 Å². The van der Waals surface area contributed by atoms with E-state index >= 15 is 0 Å². The third-order valence-electron chi connectivity index (χ3n) is 3.18. The van der Waals surface area contributed by atoms with Crippen molar-refractivity contribution in [2.45, 2.75) is 24.9 Å². The van der Waals surface area contributed by atoms with Gasteiger partial charge in [-0.3, -0.25) is 29.0 Å². The molecule has 0 aliphatic rings. The van der Waals surface area contributed by atoms with Crippen molar-refractivity contribution in [3.8, 4) is 0 Å². The van der Waals surface area contributed by atoms with Gasteiger partial charge in [-0.1, -0.05) is 0 Å². The highest BCUT2D eigenvalue weighted by Crippen LogP contribution is 2.06. The summed E-state index contributed by atoms with van der Waals surface area (Å²) < 4.78 is 0. The Labute approximate surface area is 126 Å². The van der Waals surface area contributed by atoms with Crippen LogP contribution in [0, 0.1) is 0 Å². The molecule has 0 spiro atoms. The number of carbonyl (C=O) groups is 4. The van der Waals surface area contributed by atoms with E-state index < -0.39 is 48.8 Å². The summed E-state index contributed by atoms with van der Waals surface area (Å²) in [5.74, 6) is -5.12. The molecule has 0 rings (SSSR count). The van der Waals surface area contributed by atoms with Crippen LogP contribution < -0.4 is 0 Å². The first-order valence-corrected chi connectivity index (χ1v) is 6.36. The zero-order valence-electron chi connectivity index (χ0n) is 12.3. The number of hydrogen-bond donors (Lipinski definition) is 4. The summed E-state index contributed by atoms with van der Waals surface area (Å²) in [6, 6.07) is -2.48. The molecule has 2 unspecified atom stereocenters. The number of aliphatic carboxylic acids is 4. The maximum Gasteiger partial charge on any atom is 0.321 e. The average Bonchev–Trinajstić information content (AvgIpc) is 2.38. The Bertz CT molecular complexity index is 399. The predicted molar refractivity (Wildman–Crippen MR) is 72.6 cm³/mol. The fraction of sp³-hybridized carbons (Fsp3) is 0.667. The van der Waals surface area contributed by atoms with Crippen LogP contribution in [0.25, 0.3) is 0 Å². The summed E-state index contributed by atoms with van der Waals surface area (Å²) in [5, 5.41) is 35.3. The molecule has 4 N–H and O–H groups in total. The van der Waals surface area contributed by atoms with Crippen molar-refractivity contribution < 1.29 is 39.6 Å². The second-order valence-electron chi connectivity index (χ2n) is 4.87. The van der Waals surface area contributed by atoms with Crippen molar-refractivity contribution in [3.05, 3.63) is 0 Å². The molecule has 2 atom stereocenters. The fourth-order valence-corrected chi connectivity index (χ4v) is 1.82. The molecule has 0 aliphatic heterocycles. The van der Waals surface area contributed by atoms with E-state index in [4.69, 9.17) is 20.4 Å². The number of nitrogens with zero attached hydrogens (tertiary/aromatic N) is 2. The summed E-state index contributed by atoms with van der Waals surface area (Å²) in [6.07, 6.45) is -1.18. The number of hydrogen-bond acceptors (Lipinski definition) is 6. The van der Waals surface area contributed by atoms with Gasteiger partial charge in [-0.25, -0.2) is 0 Å². The highest BCUT2D eigenvalue weighted by Gasteiger charge is 2.28. The molecule has 0 fully saturated rings. The number of rotatable bonds is 11. The van der Waals surface area contributed by atoms with Crippen molar-refractivity contribution in [1.29, 1.82) is 0 Å². The Morgan fingerprint density at radius 2 is 1.00 bits per heavy atom. The van der Waals surface area contributed by atoms with Gasteiger partial charge in [-0.15, -0.1) is 0 Å². The highest BCUT2D eigenvalue weighted by molar-refractivity contribution is 5.81. The lowest BCUT2D eigenvalue weighted by atomic mass is 10.1. The topological polar surface area (TPSA) is 156 Å². The molecule has 0 aromatic heterocycles. The van der Waals surface area contributed by atoms with Crippen LogP contribution in [0.4, 0.5) is 0 Å². The van der Waals surface area contributed by atoms with Gasteiger partial charge in [0.2, 0.25) is 0 Å². The van der Waals surface area contributed by atoms with Gasteiger partial charge in [0.25, 0.3) is 0 Å². The van der Waals surface area contributed by atoms with Crippen LogP contribution in [-0.2, 0) is 19.2 Å². The van der Waals surface area contributed by atoms with Gasteiger partial charge in [-0.05, 0) is 14.1 Å². The second kappa shape index (κ2) is 8.95. The first-order valence-electron chi connectivity index (χ1n) is 6.36. The third-order valence-corrected chi connectivity index (χ3v) is 3.18. The Balaban J connectivity index is 4.67. The van der Waals surface area contributed by atoms with Crippen molar-refractivity contribution in [3.63, 3.8) is 0 Å². The minimum absolute atomic E-state index is 0.0736. The molecule has 0 aliphatic carbocycles. The Morgan fingerprint density at radius 1 is 0.727 bits per heavy atom. The lowest BCUT2D eigenvalue weighted by Crippen LogP contribution is -2.47. The van der Waals surface area contributed by atoms with E-state index in [0.717, 1.165) is 0 Å². The van der Waals surface area contributed by atoms with Gasteiger partial charge in [0.15, 0.2) is 0 Å². The van der Waals surface area contributed by atoms with Crippen LogP contribution in [0.3, 0.4) is 0 Å². The predicted octanol–water partition coefficient (Wildman–Crippen LogP) is -1.29. The monoisotopic (exact) mass is 320 g/mol. The van der Waals surface area contributed by atoms with Gasteiger partial charge in [0.05, 0.1) is 12.8 Å². The van der Waals surface area contributed by atoms with E-state index in [9.17, 15) is 19.2 Å². The Kier molecular flexibility index (Phi) is 8.05. The summed E-state index contributed by atoms with van der Waals surface area (Å²) in [7, 11) is 2.81. The summed E-state index contributed by atoms with van der Waals surface area (Å²) in [6.45, 7) is 0.147. The normalized spacial score (nSPS) is 13.8. The quantitative estimate of drug-likeness (QED) is 0.361. The van der Waals surface area contributed by atoms with Gasteiger partial charge in [0, 0.05) is 13.1 Å². The van der Waals surface area contributed by atoms with Crippen LogP contribution in [-0.4, -0.2) is 93.4 Å².